The summed E-state index contributed by atoms with van der Waals surface area (Å²) in [5.74, 6) is 0.542. The summed E-state index contributed by atoms with van der Waals surface area (Å²) in [5, 5.41) is 3.64. The molecule has 0 N–H and O–H groups in total. The SMILES string of the molecule is CCC(Cc1nc(C(C)(C)C)cs1)C(C)Cl. The average Bonchev–Trinajstić information content (AvgIpc) is 2.61. The van der Waals surface area contributed by atoms with Gasteiger partial charge in [-0.15, -0.1) is 22.9 Å². The van der Waals surface area contributed by atoms with Crippen LogP contribution in [0.1, 0.15) is 51.7 Å². The lowest BCUT2D eigenvalue weighted by atomic mass is 9.93. The second-order valence-electron chi connectivity index (χ2n) is 5.43. The minimum Gasteiger partial charge on any atom is -0.246 e. The van der Waals surface area contributed by atoms with E-state index in [1.54, 1.807) is 11.3 Å². The lowest BCUT2D eigenvalue weighted by Crippen LogP contribution is -2.15. The molecule has 0 aliphatic heterocycles. The zero-order chi connectivity index (χ0) is 12.3. The van der Waals surface area contributed by atoms with Crippen LogP contribution in [0.2, 0.25) is 0 Å². The zero-order valence-corrected chi connectivity index (χ0v) is 12.5. The van der Waals surface area contributed by atoms with Crippen LogP contribution in [0.5, 0.6) is 0 Å². The van der Waals surface area contributed by atoms with Gasteiger partial charge in [-0.05, 0) is 12.8 Å². The molecule has 0 saturated heterocycles. The summed E-state index contributed by atoms with van der Waals surface area (Å²) in [6, 6.07) is 0. The molecule has 0 aromatic carbocycles. The summed E-state index contributed by atoms with van der Waals surface area (Å²) in [7, 11) is 0. The van der Waals surface area contributed by atoms with Gasteiger partial charge in [0.15, 0.2) is 0 Å². The molecule has 1 rings (SSSR count). The molecule has 0 fully saturated rings. The van der Waals surface area contributed by atoms with Crippen molar-refractivity contribution < 1.29 is 0 Å². The highest BCUT2D eigenvalue weighted by Gasteiger charge is 2.20. The predicted octanol–water partition coefficient (Wildman–Crippen LogP) is 4.64. The highest BCUT2D eigenvalue weighted by Crippen LogP contribution is 2.27. The van der Waals surface area contributed by atoms with Gasteiger partial charge in [-0.2, -0.15) is 0 Å². The van der Waals surface area contributed by atoms with Crippen molar-refractivity contribution in [2.75, 3.05) is 0 Å². The van der Waals surface area contributed by atoms with E-state index in [1.807, 2.05) is 0 Å². The average molecular weight is 260 g/mol. The van der Waals surface area contributed by atoms with Crippen molar-refractivity contribution in [2.24, 2.45) is 5.92 Å². The van der Waals surface area contributed by atoms with Crippen LogP contribution in [-0.4, -0.2) is 10.4 Å². The van der Waals surface area contributed by atoms with E-state index in [1.165, 1.54) is 10.7 Å². The second-order valence-corrected chi connectivity index (χ2v) is 7.06. The van der Waals surface area contributed by atoms with Crippen molar-refractivity contribution in [1.82, 2.24) is 4.98 Å². The molecule has 16 heavy (non-hydrogen) atoms. The summed E-state index contributed by atoms with van der Waals surface area (Å²) in [6.07, 6.45) is 2.14. The monoisotopic (exact) mass is 259 g/mol. The summed E-state index contributed by atoms with van der Waals surface area (Å²) < 4.78 is 0. The van der Waals surface area contributed by atoms with Gasteiger partial charge in [0.05, 0.1) is 10.7 Å². The maximum atomic E-state index is 6.17. The molecule has 0 radical (unpaired) electrons. The van der Waals surface area contributed by atoms with Crippen molar-refractivity contribution >= 4 is 22.9 Å². The smallest absolute Gasteiger partial charge is 0.0931 e. The van der Waals surface area contributed by atoms with Crippen LogP contribution in [-0.2, 0) is 11.8 Å². The van der Waals surface area contributed by atoms with Gasteiger partial charge in [0, 0.05) is 22.6 Å². The number of hydrogen-bond donors (Lipinski definition) is 0. The van der Waals surface area contributed by atoms with Gasteiger partial charge in [-0.25, -0.2) is 4.98 Å². The Labute approximate surface area is 108 Å². The largest absolute Gasteiger partial charge is 0.246 e. The molecule has 0 saturated carbocycles. The van der Waals surface area contributed by atoms with Crippen molar-refractivity contribution in [2.45, 2.75) is 58.3 Å². The Balaban J connectivity index is 2.72. The van der Waals surface area contributed by atoms with E-state index in [2.05, 4.69) is 40.0 Å². The van der Waals surface area contributed by atoms with Crippen LogP contribution in [0.25, 0.3) is 0 Å². The predicted molar refractivity (Wildman–Crippen MR) is 73.6 cm³/mol. The summed E-state index contributed by atoms with van der Waals surface area (Å²) in [6.45, 7) is 10.9. The lowest BCUT2D eigenvalue weighted by molar-refractivity contribution is 0.493. The standard InChI is InChI=1S/C13H22ClNS/c1-6-10(9(2)14)7-12-15-11(8-16-12)13(3,4)5/h8-10H,6-7H2,1-5H3. The van der Waals surface area contributed by atoms with Crippen molar-refractivity contribution in [3.05, 3.63) is 16.1 Å². The number of thiazole rings is 1. The highest BCUT2D eigenvalue weighted by atomic mass is 35.5. The van der Waals surface area contributed by atoms with Crippen LogP contribution in [0.3, 0.4) is 0 Å². The molecule has 3 heteroatoms. The minimum absolute atomic E-state index is 0.156. The van der Waals surface area contributed by atoms with Crippen molar-refractivity contribution in [3.8, 4) is 0 Å². The second kappa shape index (κ2) is 5.50. The number of aromatic nitrogens is 1. The molecule has 1 aromatic rings. The maximum Gasteiger partial charge on any atom is 0.0931 e. The van der Waals surface area contributed by atoms with Gasteiger partial charge in [0.25, 0.3) is 0 Å². The normalized spacial score (nSPS) is 16.1. The van der Waals surface area contributed by atoms with E-state index < -0.39 is 0 Å². The number of halogens is 1. The zero-order valence-electron chi connectivity index (χ0n) is 10.9. The van der Waals surface area contributed by atoms with Crippen LogP contribution >= 0.6 is 22.9 Å². The molecular weight excluding hydrogens is 238 g/mol. The Morgan fingerprint density at radius 1 is 1.44 bits per heavy atom. The van der Waals surface area contributed by atoms with Gasteiger partial charge in [-0.1, -0.05) is 34.1 Å². The number of hydrogen-bond acceptors (Lipinski definition) is 2. The van der Waals surface area contributed by atoms with E-state index in [4.69, 9.17) is 16.6 Å². The van der Waals surface area contributed by atoms with E-state index in [0.717, 1.165) is 12.8 Å². The molecule has 1 heterocycles. The first kappa shape index (κ1) is 14.0. The Morgan fingerprint density at radius 3 is 2.44 bits per heavy atom. The molecular formula is C13H22ClNS. The minimum atomic E-state index is 0.156. The third-order valence-electron chi connectivity index (χ3n) is 2.93. The van der Waals surface area contributed by atoms with Gasteiger partial charge < -0.3 is 0 Å². The van der Waals surface area contributed by atoms with Crippen LogP contribution in [0, 0.1) is 5.92 Å². The molecule has 0 spiro atoms. The van der Waals surface area contributed by atoms with E-state index in [-0.39, 0.29) is 10.8 Å². The number of nitrogens with zero attached hydrogens (tertiary/aromatic N) is 1. The fourth-order valence-corrected chi connectivity index (χ4v) is 2.99. The third-order valence-corrected chi connectivity index (χ3v) is 4.16. The van der Waals surface area contributed by atoms with Gasteiger partial charge in [0.1, 0.15) is 0 Å². The Kier molecular flexibility index (Phi) is 4.81. The Hall–Kier alpha value is -0.0800. The molecule has 0 aliphatic carbocycles. The Bertz CT molecular complexity index is 325. The molecule has 1 nitrogen and oxygen atoms in total. The van der Waals surface area contributed by atoms with Gasteiger partial charge in [0.2, 0.25) is 0 Å². The third kappa shape index (κ3) is 3.74. The first-order valence-electron chi connectivity index (χ1n) is 5.93. The van der Waals surface area contributed by atoms with E-state index in [0.29, 0.717) is 5.92 Å². The number of rotatable bonds is 4. The van der Waals surface area contributed by atoms with Crippen LogP contribution in [0.4, 0.5) is 0 Å². The molecule has 0 amide bonds. The van der Waals surface area contributed by atoms with Gasteiger partial charge in [-0.3, -0.25) is 0 Å². The highest BCUT2D eigenvalue weighted by molar-refractivity contribution is 7.09. The summed E-state index contributed by atoms with van der Waals surface area (Å²) in [4.78, 5) is 4.71. The summed E-state index contributed by atoms with van der Waals surface area (Å²) in [5.41, 5.74) is 1.35. The fourth-order valence-electron chi connectivity index (χ4n) is 1.60. The van der Waals surface area contributed by atoms with Gasteiger partial charge >= 0.3 is 0 Å². The number of alkyl halides is 1. The van der Waals surface area contributed by atoms with Crippen molar-refractivity contribution in [3.63, 3.8) is 0 Å². The molecule has 1 aromatic heterocycles. The first-order valence-corrected chi connectivity index (χ1v) is 7.25. The van der Waals surface area contributed by atoms with Crippen LogP contribution in [0.15, 0.2) is 5.38 Å². The van der Waals surface area contributed by atoms with E-state index in [9.17, 15) is 0 Å². The first-order chi connectivity index (χ1) is 7.34. The molecule has 2 atom stereocenters. The van der Waals surface area contributed by atoms with Crippen molar-refractivity contribution in [1.29, 1.82) is 0 Å². The maximum absolute atomic E-state index is 6.17. The van der Waals surface area contributed by atoms with E-state index >= 15 is 0 Å². The molecule has 0 aliphatic rings. The summed E-state index contributed by atoms with van der Waals surface area (Å²) >= 11 is 7.94. The molecule has 92 valence electrons. The Morgan fingerprint density at radius 2 is 2.06 bits per heavy atom. The fraction of sp³-hybridized carbons (Fsp3) is 0.769. The topological polar surface area (TPSA) is 12.9 Å². The quantitative estimate of drug-likeness (QED) is 0.718. The van der Waals surface area contributed by atoms with Crippen LogP contribution < -0.4 is 0 Å². The molecule has 2 unspecified atom stereocenters. The molecule has 0 bridgehead atoms. The lowest BCUT2D eigenvalue weighted by Gasteiger charge is -2.16.